The van der Waals surface area contributed by atoms with Crippen molar-refractivity contribution in [1.82, 2.24) is 10.2 Å². The third-order valence-electron chi connectivity index (χ3n) is 4.90. The summed E-state index contributed by atoms with van der Waals surface area (Å²) in [5.74, 6) is 0. The lowest BCUT2D eigenvalue weighted by atomic mass is 10.1. The summed E-state index contributed by atoms with van der Waals surface area (Å²) in [6, 6.07) is 15.7. The molecule has 1 atom stereocenters. The molecule has 2 aromatic rings. The number of urea groups is 1. The molecule has 5 heteroatoms. The van der Waals surface area contributed by atoms with Crippen LogP contribution in [0.2, 0.25) is 5.02 Å². The largest absolute Gasteiger partial charge is 0.371 e. The smallest absolute Gasteiger partial charge is 0.317 e. The van der Waals surface area contributed by atoms with Crippen LogP contribution >= 0.6 is 11.6 Å². The van der Waals surface area contributed by atoms with Crippen LogP contribution in [0.1, 0.15) is 36.9 Å². The minimum Gasteiger partial charge on any atom is -0.371 e. The van der Waals surface area contributed by atoms with Crippen molar-refractivity contribution >= 4 is 23.3 Å². The highest BCUT2D eigenvalue weighted by molar-refractivity contribution is 6.31. The Morgan fingerprint density at radius 1 is 1.15 bits per heavy atom. The Morgan fingerprint density at radius 3 is 2.54 bits per heavy atom. The quantitative estimate of drug-likeness (QED) is 0.816. The zero-order valence-electron chi connectivity index (χ0n) is 15.4. The summed E-state index contributed by atoms with van der Waals surface area (Å²) in [4.78, 5) is 16.8. The van der Waals surface area contributed by atoms with Crippen molar-refractivity contribution < 1.29 is 4.79 Å². The maximum atomic E-state index is 12.6. The Morgan fingerprint density at radius 2 is 1.81 bits per heavy atom. The number of anilines is 1. The maximum Gasteiger partial charge on any atom is 0.317 e. The van der Waals surface area contributed by atoms with Gasteiger partial charge in [0, 0.05) is 37.4 Å². The lowest BCUT2D eigenvalue weighted by molar-refractivity contribution is 0.203. The summed E-state index contributed by atoms with van der Waals surface area (Å²) in [5, 5.41) is 3.70. The van der Waals surface area contributed by atoms with Gasteiger partial charge in [-0.25, -0.2) is 4.79 Å². The van der Waals surface area contributed by atoms with Gasteiger partial charge in [-0.2, -0.15) is 0 Å². The Balaban J connectivity index is 1.65. The van der Waals surface area contributed by atoms with Gasteiger partial charge in [0.2, 0.25) is 0 Å². The van der Waals surface area contributed by atoms with Crippen molar-refractivity contribution in [3.63, 3.8) is 0 Å². The molecule has 0 aliphatic carbocycles. The molecule has 1 unspecified atom stereocenters. The number of carbonyl (C=O) groups excluding carboxylic acids is 1. The van der Waals surface area contributed by atoms with E-state index in [1.54, 1.807) is 4.90 Å². The topological polar surface area (TPSA) is 35.6 Å². The zero-order valence-corrected chi connectivity index (χ0v) is 16.2. The van der Waals surface area contributed by atoms with Gasteiger partial charge in [-0.1, -0.05) is 48.0 Å². The first-order valence-corrected chi connectivity index (χ1v) is 9.53. The van der Waals surface area contributed by atoms with Crippen molar-refractivity contribution in [1.29, 1.82) is 0 Å². The number of amides is 2. The fourth-order valence-electron chi connectivity index (χ4n) is 3.44. The highest BCUT2D eigenvalue weighted by Crippen LogP contribution is 2.26. The summed E-state index contributed by atoms with van der Waals surface area (Å²) in [6.45, 7) is 4.71. The first-order valence-electron chi connectivity index (χ1n) is 9.15. The monoisotopic (exact) mass is 371 g/mol. The average molecular weight is 372 g/mol. The SMILES string of the molecule is CC(NC(=O)N(C)Cc1ccccc1N1CCCC1)c1ccccc1Cl. The normalized spacial score (nSPS) is 15.0. The molecule has 0 saturated carbocycles. The maximum absolute atomic E-state index is 12.6. The molecule has 26 heavy (non-hydrogen) atoms. The van der Waals surface area contributed by atoms with E-state index in [2.05, 4.69) is 28.4 Å². The van der Waals surface area contributed by atoms with Crippen LogP contribution in [0.15, 0.2) is 48.5 Å². The van der Waals surface area contributed by atoms with Gasteiger partial charge in [-0.3, -0.25) is 0 Å². The second-order valence-corrected chi connectivity index (χ2v) is 7.28. The fourth-order valence-corrected chi connectivity index (χ4v) is 3.74. The molecule has 4 nitrogen and oxygen atoms in total. The van der Waals surface area contributed by atoms with Gasteiger partial charge >= 0.3 is 6.03 Å². The van der Waals surface area contributed by atoms with E-state index in [4.69, 9.17) is 11.6 Å². The molecular formula is C21H26ClN3O. The van der Waals surface area contributed by atoms with E-state index >= 15 is 0 Å². The molecule has 3 rings (SSSR count). The van der Waals surface area contributed by atoms with Crippen molar-refractivity contribution in [2.45, 2.75) is 32.4 Å². The lowest BCUT2D eigenvalue weighted by Gasteiger charge is -2.26. The summed E-state index contributed by atoms with van der Waals surface area (Å²) in [6.07, 6.45) is 2.47. The number of benzene rings is 2. The molecule has 0 aromatic heterocycles. The second-order valence-electron chi connectivity index (χ2n) is 6.87. The van der Waals surface area contributed by atoms with Gasteiger partial charge in [0.05, 0.1) is 6.04 Å². The van der Waals surface area contributed by atoms with Crippen molar-refractivity contribution in [3.05, 3.63) is 64.7 Å². The molecular weight excluding hydrogens is 346 g/mol. The van der Waals surface area contributed by atoms with Gasteiger partial charge < -0.3 is 15.1 Å². The molecule has 138 valence electrons. The molecule has 1 N–H and O–H groups in total. The zero-order chi connectivity index (χ0) is 18.5. The highest BCUT2D eigenvalue weighted by atomic mass is 35.5. The Bertz CT molecular complexity index is 758. The van der Waals surface area contributed by atoms with Crippen LogP contribution in [0.3, 0.4) is 0 Å². The first-order chi connectivity index (χ1) is 12.6. The van der Waals surface area contributed by atoms with E-state index in [0.717, 1.165) is 18.7 Å². The van der Waals surface area contributed by atoms with Crippen LogP contribution in [0, 0.1) is 0 Å². The molecule has 1 aliphatic heterocycles. The number of halogens is 1. The molecule has 0 bridgehead atoms. The molecule has 2 aromatic carbocycles. The van der Waals surface area contributed by atoms with E-state index in [1.807, 2.05) is 44.3 Å². The van der Waals surface area contributed by atoms with Gasteiger partial charge in [0.15, 0.2) is 0 Å². The number of hydrogen-bond acceptors (Lipinski definition) is 2. The predicted octanol–water partition coefficient (Wildman–Crippen LogP) is 4.84. The van der Waals surface area contributed by atoms with Crippen LogP contribution < -0.4 is 10.2 Å². The molecule has 1 saturated heterocycles. The number of para-hydroxylation sites is 1. The van der Waals surface area contributed by atoms with Crippen LogP contribution in [-0.2, 0) is 6.54 Å². The molecule has 1 fully saturated rings. The number of carbonyl (C=O) groups is 1. The van der Waals surface area contributed by atoms with Crippen LogP contribution in [0.5, 0.6) is 0 Å². The number of hydrogen-bond donors (Lipinski definition) is 1. The third-order valence-corrected chi connectivity index (χ3v) is 5.25. The van der Waals surface area contributed by atoms with Gasteiger partial charge in [-0.05, 0) is 43.0 Å². The third kappa shape index (κ3) is 4.31. The second kappa shape index (κ2) is 8.45. The number of rotatable bonds is 5. The van der Waals surface area contributed by atoms with E-state index in [9.17, 15) is 4.79 Å². The first kappa shape index (κ1) is 18.6. The van der Waals surface area contributed by atoms with Crippen molar-refractivity contribution in [2.24, 2.45) is 0 Å². The van der Waals surface area contributed by atoms with Crippen LogP contribution in [-0.4, -0.2) is 31.1 Å². The van der Waals surface area contributed by atoms with E-state index in [0.29, 0.717) is 11.6 Å². The average Bonchev–Trinajstić information content (AvgIpc) is 3.17. The summed E-state index contributed by atoms with van der Waals surface area (Å²) < 4.78 is 0. The molecule has 1 aliphatic rings. The summed E-state index contributed by atoms with van der Waals surface area (Å²) >= 11 is 6.23. The lowest BCUT2D eigenvalue weighted by Crippen LogP contribution is -2.38. The summed E-state index contributed by atoms with van der Waals surface area (Å²) in [7, 11) is 1.83. The minimum atomic E-state index is -0.146. The van der Waals surface area contributed by atoms with Crippen molar-refractivity contribution in [2.75, 3.05) is 25.0 Å². The molecule has 2 amide bonds. The number of nitrogens with one attached hydrogen (secondary N) is 1. The van der Waals surface area contributed by atoms with Gasteiger partial charge in [-0.15, -0.1) is 0 Å². The molecule has 0 radical (unpaired) electrons. The van der Waals surface area contributed by atoms with Crippen LogP contribution in [0.4, 0.5) is 10.5 Å². The van der Waals surface area contributed by atoms with Crippen molar-refractivity contribution in [3.8, 4) is 0 Å². The Labute approximate surface area is 160 Å². The van der Waals surface area contributed by atoms with Crippen LogP contribution in [0.25, 0.3) is 0 Å². The molecule has 0 spiro atoms. The Kier molecular flexibility index (Phi) is 6.04. The van der Waals surface area contributed by atoms with Gasteiger partial charge in [0.1, 0.15) is 0 Å². The van der Waals surface area contributed by atoms with E-state index in [-0.39, 0.29) is 12.1 Å². The Hall–Kier alpha value is -2.20. The molecule has 1 heterocycles. The summed E-state index contributed by atoms with van der Waals surface area (Å²) in [5.41, 5.74) is 3.34. The predicted molar refractivity (Wildman–Crippen MR) is 108 cm³/mol. The van der Waals surface area contributed by atoms with Gasteiger partial charge in [0.25, 0.3) is 0 Å². The van der Waals surface area contributed by atoms with E-state index in [1.165, 1.54) is 24.1 Å². The fraction of sp³-hybridized carbons (Fsp3) is 0.381. The standard InChI is InChI=1S/C21H26ClN3O/c1-16(18-10-4-5-11-19(18)22)23-21(26)24(2)15-17-9-3-6-12-20(17)25-13-7-8-14-25/h3-6,9-12,16H,7-8,13-15H2,1-2H3,(H,23,26). The minimum absolute atomic E-state index is 0.103. The highest BCUT2D eigenvalue weighted by Gasteiger charge is 2.19. The number of nitrogens with zero attached hydrogens (tertiary/aromatic N) is 2. The van der Waals surface area contributed by atoms with E-state index < -0.39 is 0 Å².